The minimum atomic E-state index is -0.0239. The van der Waals surface area contributed by atoms with Crippen LogP contribution in [0.3, 0.4) is 0 Å². The summed E-state index contributed by atoms with van der Waals surface area (Å²) in [4.78, 5) is 2.56. The second kappa shape index (κ2) is 6.18. The van der Waals surface area contributed by atoms with Gasteiger partial charge in [-0.1, -0.05) is 33.1 Å². The molecule has 0 amide bonds. The molecule has 0 N–H and O–H groups in total. The molecule has 0 saturated heterocycles. The molecule has 1 heterocycles. The third-order valence-electron chi connectivity index (χ3n) is 2.96. The van der Waals surface area contributed by atoms with Crippen molar-refractivity contribution in [1.29, 1.82) is 0 Å². The fraction of sp³-hybridized carbons (Fsp3) is 0.455. The molecule has 88 valence electrons. The van der Waals surface area contributed by atoms with Gasteiger partial charge in [0.25, 0.3) is 0 Å². The van der Waals surface area contributed by atoms with Crippen LogP contribution in [0.2, 0.25) is 0 Å². The molecule has 1 aromatic carbocycles. The first-order valence-electron chi connectivity index (χ1n) is 5.60. The fourth-order valence-corrected chi connectivity index (χ4v) is 6.16. The molecule has 0 aliphatic carbocycles. The fourth-order valence-electron chi connectivity index (χ4n) is 2.24. The lowest BCUT2D eigenvalue weighted by atomic mass is 10.1. The zero-order valence-corrected chi connectivity index (χ0v) is 13.8. The molecule has 0 fully saturated rings. The third kappa shape index (κ3) is 2.83. The van der Waals surface area contributed by atoms with Crippen LogP contribution in [-0.2, 0) is 13.1 Å². The zero-order chi connectivity index (χ0) is 11.5. The van der Waals surface area contributed by atoms with Gasteiger partial charge in [0.15, 0.2) is 0 Å². The Morgan fingerprint density at radius 2 is 2.25 bits per heavy atom. The van der Waals surface area contributed by atoms with Crippen molar-refractivity contribution in [2.75, 3.05) is 6.54 Å². The molecule has 1 aromatic rings. The average Bonchev–Trinajstić information content (AvgIpc) is 2.70. The van der Waals surface area contributed by atoms with E-state index in [2.05, 4.69) is 47.9 Å². The molecule has 0 aromatic heterocycles. The van der Waals surface area contributed by atoms with E-state index in [9.17, 15) is 0 Å². The summed E-state index contributed by atoms with van der Waals surface area (Å²) in [7, 11) is 6.87. The van der Waals surface area contributed by atoms with Crippen molar-refractivity contribution in [3.05, 3.63) is 29.3 Å². The van der Waals surface area contributed by atoms with Crippen LogP contribution in [0.5, 0.6) is 0 Å². The summed E-state index contributed by atoms with van der Waals surface area (Å²) >= 11 is 0. The van der Waals surface area contributed by atoms with E-state index in [1.54, 1.807) is 16.4 Å². The van der Waals surface area contributed by atoms with Crippen LogP contribution < -0.4 is 5.30 Å². The molecule has 4 unspecified atom stereocenters. The SMILES string of the molecule is CCCN1Cc2cccc(P(P)PP)c2C1. The smallest absolute Gasteiger partial charge is 0.0247 e. The molecule has 2 rings (SSSR count). The van der Waals surface area contributed by atoms with E-state index in [-0.39, 0.29) is 7.30 Å². The summed E-state index contributed by atoms with van der Waals surface area (Å²) in [6.45, 7) is 5.81. The van der Waals surface area contributed by atoms with E-state index in [1.165, 1.54) is 19.5 Å². The van der Waals surface area contributed by atoms with Crippen LogP contribution in [0.1, 0.15) is 24.5 Å². The van der Waals surface area contributed by atoms with Gasteiger partial charge in [-0.25, -0.2) is 0 Å². The van der Waals surface area contributed by atoms with Crippen molar-refractivity contribution < 1.29 is 0 Å². The van der Waals surface area contributed by atoms with Gasteiger partial charge in [-0.2, -0.15) is 0 Å². The normalized spacial score (nSPS) is 18.2. The van der Waals surface area contributed by atoms with Gasteiger partial charge >= 0.3 is 0 Å². The molecule has 0 radical (unpaired) electrons. The third-order valence-corrected chi connectivity index (χ3v) is 13.1. The first kappa shape index (κ1) is 13.3. The zero-order valence-electron chi connectivity index (χ0n) is 9.61. The van der Waals surface area contributed by atoms with Crippen LogP contribution >= 0.6 is 33.1 Å². The number of nitrogens with zero attached hydrogens (tertiary/aromatic N) is 1. The molecule has 0 spiro atoms. The van der Waals surface area contributed by atoms with Crippen LogP contribution in [0.15, 0.2) is 18.2 Å². The second-order valence-electron chi connectivity index (χ2n) is 4.12. The highest BCUT2D eigenvalue weighted by atomic mass is 32.6. The Kier molecular flexibility index (Phi) is 5.15. The maximum atomic E-state index is 3.04. The van der Waals surface area contributed by atoms with Crippen molar-refractivity contribution in [3.8, 4) is 0 Å². The minimum Gasteiger partial charge on any atom is -0.295 e. The number of hydrogen-bond donors (Lipinski definition) is 0. The summed E-state index contributed by atoms with van der Waals surface area (Å²) in [5.41, 5.74) is 3.18. The summed E-state index contributed by atoms with van der Waals surface area (Å²) in [5, 5.41) is 1.60. The van der Waals surface area contributed by atoms with Gasteiger partial charge in [-0.3, -0.25) is 4.90 Å². The Labute approximate surface area is 106 Å². The predicted octanol–water partition coefficient (Wildman–Crippen LogP) is 3.69. The molecule has 4 atom stereocenters. The van der Waals surface area contributed by atoms with E-state index < -0.39 is 0 Å². The summed E-state index contributed by atoms with van der Waals surface area (Å²) in [5.74, 6) is 0. The highest BCUT2D eigenvalue weighted by Crippen LogP contribution is 2.65. The molecule has 1 nitrogen and oxygen atoms in total. The maximum absolute atomic E-state index is 3.04. The van der Waals surface area contributed by atoms with Crippen LogP contribution in [0.4, 0.5) is 0 Å². The van der Waals surface area contributed by atoms with Gasteiger partial charge in [-0.05, 0) is 36.7 Å². The highest BCUT2D eigenvalue weighted by Gasteiger charge is 2.22. The Morgan fingerprint density at radius 1 is 1.44 bits per heavy atom. The average molecular weight is 289 g/mol. The van der Waals surface area contributed by atoms with E-state index in [0.717, 1.165) is 14.5 Å². The van der Waals surface area contributed by atoms with Gasteiger partial charge < -0.3 is 0 Å². The monoisotopic (exact) mass is 289 g/mol. The first-order valence-corrected chi connectivity index (χ1v) is 12.2. The molecule has 1 aliphatic heterocycles. The summed E-state index contributed by atoms with van der Waals surface area (Å²) in [6, 6.07) is 6.85. The molecule has 0 saturated carbocycles. The maximum Gasteiger partial charge on any atom is 0.0247 e. The number of benzene rings is 1. The number of hydrogen-bond acceptors (Lipinski definition) is 1. The van der Waals surface area contributed by atoms with Gasteiger partial charge in [0, 0.05) is 13.1 Å². The summed E-state index contributed by atoms with van der Waals surface area (Å²) < 4.78 is 0. The van der Waals surface area contributed by atoms with E-state index in [0.29, 0.717) is 0 Å². The predicted molar refractivity (Wildman–Crippen MR) is 85.1 cm³/mol. The van der Waals surface area contributed by atoms with Crippen molar-refractivity contribution in [1.82, 2.24) is 4.90 Å². The second-order valence-corrected chi connectivity index (χ2v) is 13.2. The van der Waals surface area contributed by atoms with Gasteiger partial charge in [0.1, 0.15) is 0 Å². The van der Waals surface area contributed by atoms with Crippen molar-refractivity contribution in [2.45, 2.75) is 26.4 Å². The Bertz CT molecular complexity index is 369. The first-order chi connectivity index (χ1) is 7.76. The quantitative estimate of drug-likeness (QED) is 0.764. The molecular formula is C11H19NP4. The molecule has 1 aliphatic rings. The lowest BCUT2D eigenvalue weighted by molar-refractivity contribution is 0.285. The van der Waals surface area contributed by atoms with Crippen LogP contribution in [-0.4, -0.2) is 11.4 Å². The van der Waals surface area contributed by atoms with E-state index >= 15 is 0 Å². The minimum absolute atomic E-state index is 0.0239. The van der Waals surface area contributed by atoms with Crippen molar-refractivity contribution in [3.63, 3.8) is 0 Å². The molecule has 16 heavy (non-hydrogen) atoms. The Hall–Kier alpha value is 0.900. The van der Waals surface area contributed by atoms with Crippen LogP contribution in [0, 0.1) is 0 Å². The Morgan fingerprint density at radius 3 is 2.94 bits per heavy atom. The van der Waals surface area contributed by atoms with Crippen molar-refractivity contribution in [2.24, 2.45) is 0 Å². The standard InChI is InChI=1S/C11H19NP4/c1-2-6-12-7-9-4-3-5-11(10(9)8-12)16(14)15-13/h3-5,15H,2,6-8,13-14H2,1H3. The molecular weight excluding hydrogens is 270 g/mol. The van der Waals surface area contributed by atoms with Gasteiger partial charge in [-0.15, -0.1) is 17.9 Å². The van der Waals surface area contributed by atoms with E-state index in [1.807, 2.05) is 0 Å². The van der Waals surface area contributed by atoms with Gasteiger partial charge in [0.2, 0.25) is 0 Å². The molecule has 0 bridgehead atoms. The highest BCUT2D eigenvalue weighted by molar-refractivity contribution is 8.63. The summed E-state index contributed by atoms with van der Waals surface area (Å²) in [6.07, 6.45) is 1.25. The number of rotatable bonds is 4. The lowest BCUT2D eigenvalue weighted by Gasteiger charge is -2.15. The topological polar surface area (TPSA) is 3.24 Å². The lowest BCUT2D eigenvalue weighted by Crippen LogP contribution is -2.17. The van der Waals surface area contributed by atoms with Crippen molar-refractivity contribution >= 4 is 38.4 Å². The molecule has 5 heteroatoms. The van der Waals surface area contributed by atoms with Crippen LogP contribution in [0.25, 0.3) is 0 Å². The number of fused-ring (bicyclic) bond motifs is 1. The largest absolute Gasteiger partial charge is 0.295 e. The Balaban J connectivity index is 2.24. The van der Waals surface area contributed by atoms with E-state index in [4.69, 9.17) is 0 Å². The van der Waals surface area contributed by atoms with Gasteiger partial charge in [0.05, 0.1) is 0 Å².